The predicted octanol–water partition coefficient (Wildman–Crippen LogP) is 2.60. The molecule has 1 aromatic carbocycles. The predicted molar refractivity (Wildman–Crippen MR) is 46.4 cm³/mol. The summed E-state index contributed by atoms with van der Waals surface area (Å²) in [5, 5.41) is 9.98. The van der Waals surface area contributed by atoms with Crippen molar-refractivity contribution in [1.29, 1.82) is 0 Å². The number of halogens is 1. The zero-order chi connectivity index (χ0) is 8.27. The fraction of sp³-hybridized carbons (Fsp3) is 0.222. The molecule has 0 aliphatic heterocycles. The van der Waals surface area contributed by atoms with Crippen LogP contribution in [0.4, 0.5) is 0 Å². The van der Waals surface area contributed by atoms with Gasteiger partial charge < -0.3 is 5.11 Å². The molecule has 1 rings (SSSR count). The summed E-state index contributed by atoms with van der Waals surface area (Å²) in [4.78, 5) is 0. The minimum absolute atomic E-state index is 0.552. The van der Waals surface area contributed by atoms with Crippen molar-refractivity contribution in [3.63, 3.8) is 0 Å². The summed E-state index contributed by atoms with van der Waals surface area (Å²) in [6, 6.07) is 7.28. The lowest BCUT2D eigenvalue weighted by atomic mass is 10.1. The zero-order valence-electron chi connectivity index (χ0n) is 6.29. The second-order valence-electron chi connectivity index (χ2n) is 2.30. The second kappa shape index (κ2) is 3.74. The number of rotatable bonds is 2. The summed E-state index contributed by atoms with van der Waals surface area (Å²) in [6.45, 7) is 1.80. The van der Waals surface area contributed by atoms with Crippen LogP contribution in [-0.4, -0.2) is 5.11 Å². The maximum atomic E-state index is 9.37. The van der Waals surface area contributed by atoms with Crippen LogP contribution >= 0.6 is 11.6 Å². The largest absolute Gasteiger partial charge is 0.388 e. The van der Waals surface area contributed by atoms with Gasteiger partial charge in [-0.25, -0.2) is 0 Å². The first-order valence-corrected chi connectivity index (χ1v) is 3.85. The Labute approximate surface area is 71.6 Å². The van der Waals surface area contributed by atoms with Crippen molar-refractivity contribution in [1.82, 2.24) is 0 Å². The van der Waals surface area contributed by atoms with Gasteiger partial charge in [-0.3, -0.25) is 0 Å². The summed E-state index contributed by atoms with van der Waals surface area (Å²) in [5.74, 6) is 0. The molecule has 1 atom stereocenters. The standard InChI is InChI=1S/C9H10ClO/c1-2-9(11)7-5-3-4-6-8(7)10/h2-6,9,11H,1H3/t9-/m0/s1. The Morgan fingerprint density at radius 2 is 2.09 bits per heavy atom. The summed E-state index contributed by atoms with van der Waals surface area (Å²) in [7, 11) is 0. The molecule has 1 aromatic rings. The van der Waals surface area contributed by atoms with E-state index in [1.165, 1.54) is 0 Å². The van der Waals surface area contributed by atoms with E-state index < -0.39 is 6.10 Å². The van der Waals surface area contributed by atoms with Gasteiger partial charge in [-0.15, -0.1) is 0 Å². The van der Waals surface area contributed by atoms with Gasteiger partial charge in [0.1, 0.15) is 0 Å². The molecule has 0 heterocycles. The molecule has 1 N–H and O–H groups in total. The molecule has 0 aromatic heterocycles. The maximum Gasteiger partial charge on any atom is 0.0833 e. The van der Waals surface area contributed by atoms with E-state index in [-0.39, 0.29) is 0 Å². The SMILES string of the molecule is C[CH][C@H](O)c1ccccc1Cl. The summed E-state index contributed by atoms with van der Waals surface area (Å²) in [6.07, 6.45) is 1.14. The average molecular weight is 170 g/mol. The van der Waals surface area contributed by atoms with Crippen molar-refractivity contribution in [3.05, 3.63) is 41.3 Å². The van der Waals surface area contributed by atoms with E-state index in [9.17, 15) is 5.11 Å². The van der Waals surface area contributed by atoms with E-state index in [1.807, 2.05) is 18.2 Å². The minimum Gasteiger partial charge on any atom is -0.388 e. The van der Waals surface area contributed by atoms with Crippen LogP contribution in [0.15, 0.2) is 24.3 Å². The van der Waals surface area contributed by atoms with E-state index >= 15 is 0 Å². The highest BCUT2D eigenvalue weighted by molar-refractivity contribution is 6.31. The van der Waals surface area contributed by atoms with Crippen LogP contribution in [0.2, 0.25) is 5.02 Å². The lowest BCUT2D eigenvalue weighted by Crippen LogP contribution is -1.95. The smallest absolute Gasteiger partial charge is 0.0833 e. The number of aliphatic hydroxyl groups excluding tert-OH is 1. The van der Waals surface area contributed by atoms with Crippen LogP contribution in [0.25, 0.3) is 0 Å². The van der Waals surface area contributed by atoms with Gasteiger partial charge in [-0.1, -0.05) is 36.7 Å². The molecule has 0 aliphatic rings. The lowest BCUT2D eigenvalue weighted by Gasteiger charge is -2.08. The van der Waals surface area contributed by atoms with E-state index in [4.69, 9.17) is 11.6 Å². The molecule has 1 radical (unpaired) electrons. The van der Waals surface area contributed by atoms with Gasteiger partial charge in [0.25, 0.3) is 0 Å². The summed E-state index contributed by atoms with van der Waals surface area (Å²) < 4.78 is 0. The van der Waals surface area contributed by atoms with Gasteiger partial charge in [-0.2, -0.15) is 0 Å². The molecular weight excluding hydrogens is 160 g/mol. The molecule has 0 saturated heterocycles. The lowest BCUT2D eigenvalue weighted by molar-refractivity contribution is 0.212. The van der Waals surface area contributed by atoms with Crippen molar-refractivity contribution in [2.45, 2.75) is 13.0 Å². The quantitative estimate of drug-likeness (QED) is 0.722. The van der Waals surface area contributed by atoms with Gasteiger partial charge in [0.2, 0.25) is 0 Å². The first kappa shape index (κ1) is 8.57. The molecule has 1 nitrogen and oxygen atoms in total. The fourth-order valence-electron chi connectivity index (χ4n) is 0.895. The Morgan fingerprint density at radius 1 is 1.45 bits per heavy atom. The van der Waals surface area contributed by atoms with Crippen molar-refractivity contribution < 1.29 is 5.11 Å². The molecular formula is C9H10ClO. The Hall–Kier alpha value is -0.530. The monoisotopic (exact) mass is 169 g/mol. The van der Waals surface area contributed by atoms with Gasteiger partial charge in [-0.05, 0) is 18.1 Å². The highest BCUT2D eigenvalue weighted by Gasteiger charge is 2.07. The highest BCUT2D eigenvalue weighted by atomic mass is 35.5. The third-order valence-electron chi connectivity index (χ3n) is 1.54. The normalized spacial score (nSPS) is 13.0. The number of hydrogen-bond donors (Lipinski definition) is 1. The Morgan fingerprint density at radius 3 is 2.64 bits per heavy atom. The van der Waals surface area contributed by atoms with Crippen LogP contribution in [0, 0.1) is 6.42 Å². The van der Waals surface area contributed by atoms with E-state index in [0.29, 0.717) is 5.02 Å². The van der Waals surface area contributed by atoms with Crippen LogP contribution in [0.5, 0.6) is 0 Å². The van der Waals surface area contributed by atoms with Gasteiger partial charge in [0, 0.05) is 5.02 Å². The number of benzene rings is 1. The van der Waals surface area contributed by atoms with E-state index in [2.05, 4.69) is 0 Å². The van der Waals surface area contributed by atoms with E-state index in [1.54, 1.807) is 19.4 Å². The highest BCUT2D eigenvalue weighted by Crippen LogP contribution is 2.23. The third-order valence-corrected chi connectivity index (χ3v) is 1.88. The Kier molecular flexibility index (Phi) is 2.92. The Bertz CT molecular complexity index is 235. The molecule has 0 spiro atoms. The first-order chi connectivity index (χ1) is 5.25. The van der Waals surface area contributed by atoms with Crippen LogP contribution in [-0.2, 0) is 0 Å². The summed E-state index contributed by atoms with van der Waals surface area (Å²) >= 11 is 5.82. The molecule has 0 unspecified atom stereocenters. The number of hydrogen-bond acceptors (Lipinski definition) is 1. The van der Waals surface area contributed by atoms with Gasteiger partial charge >= 0.3 is 0 Å². The molecule has 59 valence electrons. The van der Waals surface area contributed by atoms with E-state index in [0.717, 1.165) is 5.56 Å². The fourth-order valence-corrected chi connectivity index (χ4v) is 1.14. The van der Waals surface area contributed by atoms with Crippen LogP contribution in [0.1, 0.15) is 18.6 Å². The molecule has 0 saturated carbocycles. The van der Waals surface area contributed by atoms with Gasteiger partial charge in [0.05, 0.1) is 6.10 Å². The van der Waals surface area contributed by atoms with Crippen molar-refractivity contribution in [2.24, 2.45) is 0 Å². The van der Waals surface area contributed by atoms with Crippen LogP contribution < -0.4 is 0 Å². The topological polar surface area (TPSA) is 20.2 Å². The van der Waals surface area contributed by atoms with Crippen molar-refractivity contribution >= 4 is 11.6 Å². The van der Waals surface area contributed by atoms with Crippen LogP contribution in [0.3, 0.4) is 0 Å². The first-order valence-electron chi connectivity index (χ1n) is 3.47. The van der Waals surface area contributed by atoms with Gasteiger partial charge in [0.15, 0.2) is 0 Å². The zero-order valence-corrected chi connectivity index (χ0v) is 7.05. The summed E-state index contributed by atoms with van der Waals surface area (Å²) in [5.41, 5.74) is 0.761. The number of aliphatic hydroxyl groups is 1. The second-order valence-corrected chi connectivity index (χ2v) is 2.71. The third kappa shape index (κ3) is 1.95. The van der Waals surface area contributed by atoms with Crippen molar-refractivity contribution in [2.75, 3.05) is 0 Å². The Balaban J connectivity index is 2.93. The molecule has 2 heteroatoms. The minimum atomic E-state index is -0.552. The van der Waals surface area contributed by atoms with Crippen molar-refractivity contribution in [3.8, 4) is 0 Å². The molecule has 0 fully saturated rings. The average Bonchev–Trinajstić information content (AvgIpc) is 2.04. The maximum absolute atomic E-state index is 9.37. The molecule has 0 bridgehead atoms. The molecule has 11 heavy (non-hydrogen) atoms. The molecule has 0 aliphatic carbocycles. The molecule has 0 amide bonds.